The number of rotatable bonds is 3. The van der Waals surface area contributed by atoms with Crippen molar-refractivity contribution in [3.8, 4) is 0 Å². The fourth-order valence-electron chi connectivity index (χ4n) is 3.09. The molecule has 1 aromatic carbocycles. The lowest BCUT2D eigenvalue weighted by molar-refractivity contribution is 0.0240. The fraction of sp³-hybridized carbons (Fsp3) is 0.636. The van der Waals surface area contributed by atoms with Crippen LogP contribution in [0.5, 0.6) is 0 Å². The Morgan fingerprint density at radius 3 is 2.23 bits per heavy atom. The van der Waals surface area contributed by atoms with Crippen LogP contribution < -0.4 is 15.5 Å². The first-order valence-corrected chi connectivity index (χ1v) is 10.4. The molecular formula is C22H37FIN5O2. The number of aliphatic imine (C=N–C) groups is 1. The highest BCUT2D eigenvalue weighted by molar-refractivity contribution is 14.0. The predicted molar refractivity (Wildman–Crippen MR) is 135 cm³/mol. The van der Waals surface area contributed by atoms with E-state index in [0.29, 0.717) is 44.4 Å². The molecule has 0 unspecified atom stereocenters. The van der Waals surface area contributed by atoms with E-state index in [9.17, 15) is 9.18 Å². The van der Waals surface area contributed by atoms with Crippen molar-refractivity contribution in [2.24, 2.45) is 4.99 Å². The maximum Gasteiger partial charge on any atom is 0.410 e. The van der Waals surface area contributed by atoms with Crippen LogP contribution in [-0.4, -0.2) is 61.3 Å². The highest BCUT2D eigenvalue weighted by Crippen LogP contribution is 2.23. The van der Waals surface area contributed by atoms with Crippen LogP contribution in [0.3, 0.4) is 0 Å². The average Bonchev–Trinajstić information content (AvgIpc) is 2.63. The Hall–Kier alpha value is -1.78. The first-order valence-electron chi connectivity index (χ1n) is 10.4. The summed E-state index contributed by atoms with van der Waals surface area (Å²) in [7, 11) is 1.71. The number of nitrogens with zero attached hydrogens (tertiary/aromatic N) is 3. The van der Waals surface area contributed by atoms with Crippen molar-refractivity contribution in [1.82, 2.24) is 15.5 Å². The molecule has 176 valence electrons. The second kappa shape index (κ2) is 11.2. The number of hydrogen-bond acceptors (Lipinski definition) is 4. The predicted octanol–water partition coefficient (Wildman–Crippen LogP) is 3.96. The summed E-state index contributed by atoms with van der Waals surface area (Å²) in [6, 6.07) is 5.26. The van der Waals surface area contributed by atoms with E-state index in [-0.39, 0.29) is 41.4 Å². The van der Waals surface area contributed by atoms with E-state index in [2.05, 4.69) is 36.4 Å². The molecule has 1 fully saturated rings. The van der Waals surface area contributed by atoms with E-state index in [0.717, 1.165) is 5.56 Å². The quantitative estimate of drug-likeness (QED) is 0.340. The minimum atomic E-state index is -0.519. The maximum absolute atomic E-state index is 14.8. The molecule has 31 heavy (non-hydrogen) atoms. The number of nitrogens with one attached hydrogen (secondary N) is 2. The van der Waals surface area contributed by atoms with Crippen molar-refractivity contribution in [1.29, 1.82) is 0 Å². The molecule has 0 radical (unpaired) electrons. The molecule has 7 nitrogen and oxygen atoms in total. The summed E-state index contributed by atoms with van der Waals surface area (Å²) in [5, 5.41) is 6.48. The van der Waals surface area contributed by atoms with Crippen molar-refractivity contribution in [3.63, 3.8) is 0 Å². The number of carbonyl (C=O) groups is 1. The molecule has 1 amide bonds. The summed E-state index contributed by atoms with van der Waals surface area (Å²) in [6.07, 6.45) is -0.318. The van der Waals surface area contributed by atoms with Gasteiger partial charge in [0.15, 0.2) is 5.96 Å². The van der Waals surface area contributed by atoms with Gasteiger partial charge in [-0.1, -0.05) is 6.07 Å². The van der Waals surface area contributed by atoms with Crippen LogP contribution in [0, 0.1) is 5.82 Å². The molecule has 0 aromatic heterocycles. The number of guanidine groups is 1. The zero-order valence-corrected chi connectivity index (χ0v) is 22.0. The van der Waals surface area contributed by atoms with Gasteiger partial charge in [0, 0.05) is 45.3 Å². The van der Waals surface area contributed by atoms with Gasteiger partial charge in [0.25, 0.3) is 0 Å². The van der Waals surface area contributed by atoms with Crippen molar-refractivity contribution in [2.45, 2.75) is 59.2 Å². The Balaban J connectivity index is 0.00000480. The van der Waals surface area contributed by atoms with Gasteiger partial charge in [-0.15, -0.1) is 24.0 Å². The van der Waals surface area contributed by atoms with Crippen LogP contribution >= 0.6 is 24.0 Å². The summed E-state index contributed by atoms with van der Waals surface area (Å²) in [4.78, 5) is 20.0. The third kappa shape index (κ3) is 9.08. The Morgan fingerprint density at radius 1 is 1.13 bits per heavy atom. The lowest BCUT2D eigenvalue weighted by Crippen LogP contribution is -2.50. The van der Waals surface area contributed by atoms with Crippen LogP contribution in [0.15, 0.2) is 23.2 Å². The Labute approximate surface area is 202 Å². The molecule has 1 aliphatic rings. The molecule has 0 atom stereocenters. The van der Waals surface area contributed by atoms with Crippen LogP contribution in [0.4, 0.5) is 14.9 Å². The van der Waals surface area contributed by atoms with E-state index in [1.807, 2.05) is 31.7 Å². The number of halogens is 2. The van der Waals surface area contributed by atoms with E-state index in [4.69, 9.17) is 4.74 Å². The highest BCUT2D eigenvalue weighted by atomic mass is 127. The van der Waals surface area contributed by atoms with Crippen LogP contribution in [-0.2, 0) is 11.3 Å². The van der Waals surface area contributed by atoms with Gasteiger partial charge in [-0.2, -0.15) is 0 Å². The van der Waals surface area contributed by atoms with Crippen molar-refractivity contribution in [3.05, 3.63) is 29.6 Å². The molecule has 1 heterocycles. The first-order chi connectivity index (χ1) is 13.9. The summed E-state index contributed by atoms with van der Waals surface area (Å²) < 4.78 is 20.2. The minimum Gasteiger partial charge on any atom is -0.444 e. The van der Waals surface area contributed by atoms with Gasteiger partial charge in [-0.3, -0.25) is 4.99 Å². The number of amides is 1. The largest absolute Gasteiger partial charge is 0.444 e. The van der Waals surface area contributed by atoms with Crippen molar-refractivity contribution >= 4 is 41.7 Å². The monoisotopic (exact) mass is 549 g/mol. The van der Waals surface area contributed by atoms with E-state index in [1.165, 1.54) is 0 Å². The standard InChI is InChI=1S/C22H36FN5O2.HI/c1-21(2,3)26-19(24-7)25-15-16-8-9-18(17(23)14-16)27-10-12-28(13-11-27)20(29)30-22(4,5)6;/h8-9,14H,10-13,15H2,1-7H3,(H2,24,25,26);1H. The lowest BCUT2D eigenvalue weighted by atomic mass is 10.1. The molecule has 2 rings (SSSR count). The number of anilines is 1. The van der Waals surface area contributed by atoms with Gasteiger partial charge in [-0.05, 0) is 59.2 Å². The van der Waals surface area contributed by atoms with Gasteiger partial charge < -0.3 is 25.2 Å². The summed E-state index contributed by atoms with van der Waals surface area (Å²) in [5.41, 5.74) is 0.758. The van der Waals surface area contributed by atoms with Crippen LogP contribution in [0.2, 0.25) is 0 Å². The molecule has 1 aromatic rings. The first kappa shape index (κ1) is 27.3. The van der Waals surface area contributed by atoms with Crippen LogP contribution in [0.25, 0.3) is 0 Å². The van der Waals surface area contributed by atoms with Crippen molar-refractivity contribution < 1.29 is 13.9 Å². The Bertz CT molecular complexity index is 766. The van der Waals surface area contributed by atoms with Gasteiger partial charge >= 0.3 is 6.09 Å². The van der Waals surface area contributed by atoms with E-state index >= 15 is 0 Å². The minimum absolute atomic E-state index is 0. The van der Waals surface area contributed by atoms with Crippen molar-refractivity contribution in [2.75, 3.05) is 38.1 Å². The third-order valence-corrected chi connectivity index (χ3v) is 4.46. The summed E-state index contributed by atoms with van der Waals surface area (Å²) in [6.45, 7) is 14.3. The maximum atomic E-state index is 14.8. The average molecular weight is 549 g/mol. The zero-order valence-electron chi connectivity index (χ0n) is 19.7. The van der Waals surface area contributed by atoms with Crippen LogP contribution in [0.1, 0.15) is 47.1 Å². The topological polar surface area (TPSA) is 69.2 Å². The molecule has 0 aliphatic carbocycles. The molecular weight excluding hydrogens is 512 g/mol. The number of hydrogen-bond donors (Lipinski definition) is 2. The second-order valence-electron chi connectivity index (χ2n) is 9.54. The number of benzene rings is 1. The van der Waals surface area contributed by atoms with E-state index in [1.54, 1.807) is 24.1 Å². The van der Waals surface area contributed by atoms with Gasteiger partial charge in [0.1, 0.15) is 11.4 Å². The Morgan fingerprint density at radius 2 is 1.74 bits per heavy atom. The summed E-state index contributed by atoms with van der Waals surface area (Å²) >= 11 is 0. The molecule has 2 N–H and O–H groups in total. The lowest BCUT2D eigenvalue weighted by Gasteiger charge is -2.36. The smallest absolute Gasteiger partial charge is 0.410 e. The molecule has 0 bridgehead atoms. The molecule has 0 saturated carbocycles. The van der Waals surface area contributed by atoms with E-state index < -0.39 is 5.60 Å². The zero-order chi connectivity index (χ0) is 22.5. The van der Waals surface area contributed by atoms with Gasteiger partial charge in [-0.25, -0.2) is 9.18 Å². The SMILES string of the molecule is CN=C(NCc1ccc(N2CCN(C(=O)OC(C)(C)C)CC2)c(F)c1)NC(C)(C)C.I. The molecule has 9 heteroatoms. The molecule has 1 aliphatic heterocycles. The number of carbonyl (C=O) groups excluding carboxylic acids is 1. The normalized spacial score (nSPS) is 15.3. The molecule has 0 spiro atoms. The van der Waals surface area contributed by atoms with Gasteiger partial charge in [0.2, 0.25) is 0 Å². The second-order valence-corrected chi connectivity index (χ2v) is 9.54. The van der Waals surface area contributed by atoms with Gasteiger partial charge in [0.05, 0.1) is 5.69 Å². The third-order valence-electron chi connectivity index (χ3n) is 4.46. The Kier molecular flexibility index (Phi) is 9.84. The highest BCUT2D eigenvalue weighted by Gasteiger charge is 2.26. The number of ether oxygens (including phenoxy) is 1. The summed E-state index contributed by atoms with van der Waals surface area (Å²) in [5.74, 6) is 0.407. The molecule has 1 saturated heterocycles. The fourth-order valence-corrected chi connectivity index (χ4v) is 3.09. The number of piperazine rings is 1.